The first-order chi connectivity index (χ1) is 7.77. The summed E-state index contributed by atoms with van der Waals surface area (Å²) in [4.78, 5) is 1.25. The molecule has 102 valence electrons. The van der Waals surface area contributed by atoms with Crippen LogP contribution in [-0.4, -0.2) is 48.5 Å². The van der Waals surface area contributed by atoms with Crippen molar-refractivity contribution in [1.82, 2.24) is 4.90 Å². The first kappa shape index (κ1) is 14.7. The van der Waals surface area contributed by atoms with Crippen molar-refractivity contribution >= 4 is 0 Å². The van der Waals surface area contributed by atoms with E-state index in [-0.39, 0.29) is 12.5 Å². The van der Waals surface area contributed by atoms with Gasteiger partial charge in [0.1, 0.15) is 0 Å². The van der Waals surface area contributed by atoms with Crippen LogP contribution in [0.5, 0.6) is 0 Å². The summed E-state index contributed by atoms with van der Waals surface area (Å²) in [5.74, 6) is 0.0307. The fraction of sp³-hybridized carbons (Fsp3) is 1.00. The van der Waals surface area contributed by atoms with Gasteiger partial charge in [-0.05, 0) is 38.8 Å². The molecule has 1 saturated carbocycles. The van der Waals surface area contributed by atoms with E-state index in [1.54, 1.807) is 0 Å². The average molecular weight is 254 g/mol. The second-order valence-electron chi connectivity index (χ2n) is 5.04. The van der Waals surface area contributed by atoms with Crippen molar-refractivity contribution in [1.29, 1.82) is 0 Å². The van der Waals surface area contributed by atoms with Gasteiger partial charge in [-0.25, -0.2) is 0 Å². The van der Waals surface area contributed by atoms with Crippen LogP contribution in [0.3, 0.4) is 0 Å². The summed E-state index contributed by atoms with van der Waals surface area (Å²) in [6.07, 6.45) is -1.17. The van der Waals surface area contributed by atoms with Gasteiger partial charge in [-0.2, -0.15) is 13.2 Å². The summed E-state index contributed by atoms with van der Waals surface area (Å²) in [5, 5.41) is 10.1. The highest BCUT2D eigenvalue weighted by atomic mass is 19.4. The zero-order chi connectivity index (χ0) is 13.1. The minimum absolute atomic E-state index is 0.0307. The van der Waals surface area contributed by atoms with Gasteiger partial charge >= 0.3 is 6.18 Å². The molecule has 1 aliphatic carbocycles. The Balaban J connectivity index is 2.35. The van der Waals surface area contributed by atoms with Gasteiger partial charge in [-0.1, -0.05) is 6.42 Å². The van der Waals surface area contributed by atoms with E-state index in [9.17, 15) is 18.3 Å². The van der Waals surface area contributed by atoms with Gasteiger partial charge in [-0.15, -0.1) is 0 Å². The van der Waals surface area contributed by atoms with Crippen LogP contribution in [0.2, 0.25) is 0 Å². The van der Waals surface area contributed by atoms with Crippen LogP contribution < -0.4 is 5.73 Å². The summed E-state index contributed by atoms with van der Waals surface area (Å²) in [7, 11) is 1.45. The van der Waals surface area contributed by atoms with Crippen molar-refractivity contribution in [3.05, 3.63) is 0 Å². The van der Waals surface area contributed by atoms with Gasteiger partial charge in [0.15, 0.2) is 0 Å². The molecule has 0 saturated heterocycles. The molecule has 0 aromatic rings. The molecule has 0 aromatic carbocycles. The van der Waals surface area contributed by atoms with Crippen molar-refractivity contribution in [3.8, 4) is 0 Å². The van der Waals surface area contributed by atoms with Crippen molar-refractivity contribution < 1.29 is 18.3 Å². The molecule has 17 heavy (non-hydrogen) atoms. The molecule has 2 atom stereocenters. The molecule has 1 rings (SSSR count). The standard InChI is InChI=1S/C11H21F3N2O/c1-16(8-11(12,13)14)6-4-9-3-2-5-10(9,17)7-15/h9,17H,2-8,15H2,1H3. The highest BCUT2D eigenvalue weighted by Crippen LogP contribution is 2.37. The van der Waals surface area contributed by atoms with E-state index in [2.05, 4.69) is 0 Å². The summed E-state index contributed by atoms with van der Waals surface area (Å²) >= 11 is 0. The van der Waals surface area contributed by atoms with Crippen molar-refractivity contribution in [2.45, 2.75) is 37.5 Å². The predicted molar refractivity (Wildman–Crippen MR) is 59.5 cm³/mol. The third-order valence-corrected chi connectivity index (χ3v) is 3.58. The van der Waals surface area contributed by atoms with Gasteiger partial charge in [0.05, 0.1) is 12.1 Å². The predicted octanol–water partition coefficient (Wildman–Crippen LogP) is 1.36. The summed E-state index contributed by atoms with van der Waals surface area (Å²) in [6, 6.07) is 0. The van der Waals surface area contributed by atoms with Crippen LogP contribution in [0.4, 0.5) is 13.2 Å². The lowest BCUT2D eigenvalue weighted by atomic mass is 9.88. The van der Waals surface area contributed by atoms with Gasteiger partial charge in [-0.3, -0.25) is 4.90 Å². The third kappa shape index (κ3) is 4.44. The second-order valence-corrected chi connectivity index (χ2v) is 5.04. The first-order valence-corrected chi connectivity index (χ1v) is 5.94. The molecule has 6 heteroatoms. The zero-order valence-corrected chi connectivity index (χ0v) is 10.1. The van der Waals surface area contributed by atoms with E-state index in [1.165, 1.54) is 11.9 Å². The molecule has 0 aliphatic heterocycles. The molecule has 0 radical (unpaired) electrons. The highest BCUT2D eigenvalue weighted by molar-refractivity contribution is 4.93. The quantitative estimate of drug-likeness (QED) is 0.779. The van der Waals surface area contributed by atoms with E-state index < -0.39 is 18.3 Å². The topological polar surface area (TPSA) is 49.5 Å². The van der Waals surface area contributed by atoms with Crippen LogP contribution in [-0.2, 0) is 0 Å². The molecule has 1 aliphatic rings. The molecule has 0 heterocycles. The highest BCUT2D eigenvalue weighted by Gasteiger charge is 2.39. The number of hydrogen-bond donors (Lipinski definition) is 2. The number of nitrogens with two attached hydrogens (primary N) is 1. The van der Waals surface area contributed by atoms with Gasteiger partial charge in [0.25, 0.3) is 0 Å². The minimum atomic E-state index is -4.16. The van der Waals surface area contributed by atoms with E-state index >= 15 is 0 Å². The van der Waals surface area contributed by atoms with Crippen molar-refractivity contribution in [3.63, 3.8) is 0 Å². The summed E-state index contributed by atoms with van der Waals surface area (Å²) < 4.78 is 36.3. The molecule has 1 fully saturated rings. The maximum absolute atomic E-state index is 12.1. The van der Waals surface area contributed by atoms with Crippen LogP contribution in [0.25, 0.3) is 0 Å². The van der Waals surface area contributed by atoms with E-state index in [1.807, 2.05) is 0 Å². The Hall–Kier alpha value is -0.330. The normalized spacial score (nSPS) is 30.2. The fourth-order valence-corrected chi connectivity index (χ4v) is 2.57. The Morgan fingerprint density at radius 1 is 1.47 bits per heavy atom. The monoisotopic (exact) mass is 254 g/mol. The zero-order valence-electron chi connectivity index (χ0n) is 10.1. The van der Waals surface area contributed by atoms with E-state index in [0.717, 1.165) is 12.8 Å². The maximum atomic E-state index is 12.1. The lowest BCUT2D eigenvalue weighted by Gasteiger charge is -2.30. The molecule has 2 unspecified atom stereocenters. The molecule has 0 aromatic heterocycles. The van der Waals surface area contributed by atoms with Crippen LogP contribution in [0.15, 0.2) is 0 Å². The molecule has 0 amide bonds. The number of rotatable bonds is 5. The van der Waals surface area contributed by atoms with Gasteiger partial charge in [0.2, 0.25) is 0 Å². The van der Waals surface area contributed by atoms with Crippen LogP contribution in [0, 0.1) is 5.92 Å². The number of aliphatic hydroxyl groups is 1. The van der Waals surface area contributed by atoms with Gasteiger partial charge < -0.3 is 10.8 Å². The molecular weight excluding hydrogens is 233 g/mol. The largest absolute Gasteiger partial charge is 0.401 e. The lowest BCUT2D eigenvalue weighted by molar-refractivity contribution is -0.143. The Morgan fingerprint density at radius 2 is 2.12 bits per heavy atom. The van der Waals surface area contributed by atoms with E-state index in [0.29, 0.717) is 19.4 Å². The molecule has 0 bridgehead atoms. The third-order valence-electron chi connectivity index (χ3n) is 3.58. The Morgan fingerprint density at radius 3 is 2.65 bits per heavy atom. The second kappa shape index (κ2) is 5.54. The number of hydrogen-bond acceptors (Lipinski definition) is 3. The summed E-state index contributed by atoms with van der Waals surface area (Å²) in [6.45, 7) is -0.367. The van der Waals surface area contributed by atoms with Gasteiger partial charge in [0, 0.05) is 6.54 Å². The summed E-state index contributed by atoms with van der Waals surface area (Å²) in [5.41, 5.74) is 4.66. The molecule has 0 spiro atoms. The smallest absolute Gasteiger partial charge is 0.388 e. The molecular formula is C11H21F3N2O. The molecule has 3 N–H and O–H groups in total. The lowest BCUT2D eigenvalue weighted by Crippen LogP contribution is -2.42. The number of halogens is 3. The number of nitrogens with zero attached hydrogens (tertiary/aromatic N) is 1. The Labute approximate surface area is 99.8 Å². The molecule has 3 nitrogen and oxygen atoms in total. The average Bonchev–Trinajstić information content (AvgIpc) is 2.55. The van der Waals surface area contributed by atoms with Crippen LogP contribution >= 0.6 is 0 Å². The minimum Gasteiger partial charge on any atom is -0.388 e. The first-order valence-electron chi connectivity index (χ1n) is 5.94. The number of alkyl halides is 3. The maximum Gasteiger partial charge on any atom is 0.401 e. The van der Waals surface area contributed by atoms with E-state index in [4.69, 9.17) is 5.73 Å². The van der Waals surface area contributed by atoms with Crippen molar-refractivity contribution in [2.75, 3.05) is 26.7 Å². The fourth-order valence-electron chi connectivity index (χ4n) is 2.57. The Kier molecular flexibility index (Phi) is 4.80. The Bertz CT molecular complexity index is 247. The SMILES string of the molecule is CN(CCC1CCCC1(O)CN)CC(F)(F)F. The van der Waals surface area contributed by atoms with Crippen LogP contribution in [0.1, 0.15) is 25.7 Å². The van der Waals surface area contributed by atoms with Crippen molar-refractivity contribution in [2.24, 2.45) is 11.7 Å².